The van der Waals surface area contributed by atoms with E-state index in [0.29, 0.717) is 12.1 Å². The zero-order chi connectivity index (χ0) is 26.8. The zero-order valence-corrected chi connectivity index (χ0v) is 19.2. The lowest BCUT2D eigenvalue weighted by molar-refractivity contribution is -0.143. The fraction of sp³-hybridized carbons (Fsp3) is 0.190. The van der Waals surface area contributed by atoms with Gasteiger partial charge in [0.05, 0.1) is 27.4 Å². The van der Waals surface area contributed by atoms with E-state index in [2.05, 4.69) is 10.3 Å². The van der Waals surface area contributed by atoms with Crippen molar-refractivity contribution in [1.82, 2.24) is 15.2 Å². The Morgan fingerprint density at radius 3 is 2.25 bits per heavy atom. The molecular formula is C21H13F6N3O4S2. The van der Waals surface area contributed by atoms with Crippen molar-refractivity contribution in [2.75, 3.05) is 13.1 Å². The van der Waals surface area contributed by atoms with Crippen molar-refractivity contribution in [2.24, 2.45) is 0 Å². The highest BCUT2D eigenvalue weighted by Crippen LogP contribution is 2.38. The third kappa shape index (κ3) is 6.60. The number of carboxylic acids is 1. The van der Waals surface area contributed by atoms with Gasteiger partial charge in [0.15, 0.2) is 0 Å². The lowest BCUT2D eigenvalue weighted by Crippen LogP contribution is -2.41. The van der Waals surface area contributed by atoms with Crippen LogP contribution in [0.4, 0.5) is 26.3 Å². The minimum absolute atomic E-state index is 0.00397. The van der Waals surface area contributed by atoms with Gasteiger partial charge in [0, 0.05) is 5.56 Å². The molecule has 1 aliphatic rings. The van der Waals surface area contributed by atoms with Crippen LogP contribution in [0.2, 0.25) is 0 Å². The first-order valence-electron chi connectivity index (χ1n) is 9.66. The van der Waals surface area contributed by atoms with Crippen molar-refractivity contribution < 1.29 is 45.8 Å². The van der Waals surface area contributed by atoms with Crippen molar-refractivity contribution in [3.8, 4) is 11.3 Å². The summed E-state index contributed by atoms with van der Waals surface area (Å²) < 4.78 is 79.1. The van der Waals surface area contributed by atoms with Gasteiger partial charge in [-0.15, -0.1) is 0 Å². The maximum absolute atomic E-state index is 13.2. The molecule has 1 aromatic heterocycles. The Morgan fingerprint density at radius 1 is 1.08 bits per heavy atom. The minimum Gasteiger partial charge on any atom is -0.480 e. The fourth-order valence-corrected chi connectivity index (χ4v) is 4.18. The van der Waals surface area contributed by atoms with E-state index in [1.54, 1.807) is 0 Å². The molecule has 1 aliphatic heterocycles. The van der Waals surface area contributed by atoms with Crippen LogP contribution in [0.15, 0.2) is 41.3 Å². The number of aliphatic carboxylic acids is 1. The fourth-order valence-electron chi connectivity index (χ4n) is 2.94. The summed E-state index contributed by atoms with van der Waals surface area (Å²) in [7, 11) is 0. The number of carbonyl (C=O) groups is 3. The molecule has 0 saturated carbocycles. The van der Waals surface area contributed by atoms with Gasteiger partial charge in [-0.05, 0) is 36.4 Å². The highest BCUT2D eigenvalue weighted by molar-refractivity contribution is 8.26. The van der Waals surface area contributed by atoms with E-state index in [-0.39, 0.29) is 26.7 Å². The average molecular weight is 549 g/mol. The molecule has 3 rings (SSSR count). The molecule has 0 aliphatic carbocycles. The Kier molecular flexibility index (Phi) is 7.73. The number of amides is 2. The standard InChI is InChI=1S/C21H13F6N3O4S2/c22-20(23,24)11-4-10(5-12(6-11)21(25,26)27)14-3-1-2-13(29-14)7-15-18(34)30(19(35)36-15)9-16(31)28-8-17(32)33/h1-7H,8-9H2,(H,28,31)(H,32,33). The molecule has 2 heterocycles. The molecular weight excluding hydrogens is 536 g/mol. The van der Waals surface area contributed by atoms with Gasteiger partial charge >= 0.3 is 18.3 Å². The average Bonchev–Trinajstić information content (AvgIpc) is 3.03. The van der Waals surface area contributed by atoms with Crippen molar-refractivity contribution in [3.05, 3.63) is 58.1 Å². The first-order chi connectivity index (χ1) is 16.6. The van der Waals surface area contributed by atoms with Gasteiger partial charge in [0.1, 0.15) is 17.4 Å². The predicted molar refractivity (Wildman–Crippen MR) is 120 cm³/mol. The number of hydrogen-bond acceptors (Lipinski definition) is 6. The van der Waals surface area contributed by atoms with Crippen LogP contribution in [0.5, 0.6) is 0 Å². The number of alkyl halides is 6. The van der Waals surface area contributed by atoms with E-state index < -0.39 is 59.9 Å². The number of nitrogens with zero attached hydrogens (tertiary/aromatic N) is 2. The van der Waals surface area contributed by atoms with Crippen LogP contribution in [0.25, 0.3) is 17.3 Å². The molecule has 0 radical (unpaired) electrons. The summed E-state index contributed by atoms with van der Waals surface area (Å²) >= 11 is 5.85. The maximum Gasteiger partial charge on any atom is 0.416 e. The number of rotatable bonds is 6. The maximum atomic E-state index is 13.2. The number of thioether (sulfide) groups is 1. The second kappa shape index (κ2) is 10.3. The molecule has 0 atom stereocenters. The van der Waals surface area contributed by atoms with E-state index >= 15 is 0 Å². The van der Waals surface area contributed by atoms with Crippen LogP contribution in [0.1, 0.15) is 16.8 Å². The molecule has 36 heavy (non-hydrogen) atoms. The smallest absolute Gasteiger partial charge is 0.416 e. The van der Waals surface area contributed by atoms with Gasteiger partial charge in [-0.25, -0.2) is 4.98 Å². The monoisotopic (exact) mass is 549 g/mol. The van der Waals surface area contributed by atoms with Gasteiger partial charge in [-0.2, -0.15) is 26.3 Å². The molecule has 7 nitrogen and oxygen atoms in total. The van der Waals surface area contributed by atoms with Crippen LogP contribution >= 0.6 is 24.0 Å². The number of pyridine rings is 1. The third-order valence-electron chi connectivity index (χ3n) is 4.55. The van der Waals surface area contributed by atoms with E-state index in [9.17, 15) is 40.7 Å². The number of benzene rings is 1. The molecule has 15 heteroatoms. The minimum atomic E-state index is -5.03. The number of carbonyl (C=O) groups excluding carboxylic acids is 2. The van der Waals surface area contributed by atoms with Crippen molar-refractivity contribution in [1.29, 1.82) is 0 Å². The number of hydrogen-bond donors (Lipinski definition) is 2. The molecule has 0 unspecified atom stereocenters. The largest absolute Gasteiger partial charge is 0.480 e. The van der Waals surface area contributed by atoms with Crippen molar-refractivity contribution in [3.63, 3.8) is 0 Å². The van der Waals surface area contributed by atoms with Gasteiger partial charge in [-0.1, -0.05) is 30.0 Å². The number of thiocarbonyl (C=S) groups is 1. The normalized spacial score (nSPS) is 15.5. The summed E-state index contributed by atoms with van der Waals surface area (Å²) in [5, 5.41) is 10.7. The van der Waals surface area contributed by atoms with E-state index in [1.165, 1.54) is 24.3 Å². The van der Waals surface area contributed by atoms with E-state index in [1.807, 2.05) is 0 Å². The molecule has 1 aromatic carbocycles. The number of carboxylic acid groups (broad SMARTS) is 1. The molecule has 1 fully saturated rings. The zero-order valence-electron chi connectivity index (χ0n) is 17.6. The highest BCUT2D eigenvalue weighted by atomic mass is 32.2. The van der Waals surface area contributed by atoms with Gasteiger partial charge in [-0.3, -0.25) is 19.3 Å². The van der Waals surface area contributed by atoms with E-state index in [4.69, 9.17) is 17.3 Å². The van der Waals surface area contributed by atoms with Crippen molar-refractivity contribution >= 4 is 52.2 Å². The van der Waals surface area contributed by atoms with Gasteiger partial charge < -0.3 is 10.4 Å². The lowest BCUT2D eigenvalue weighted by Gasteiger charge is -2.14. The van der Waals surface area contributed by atoms with Crippen molar-refractivity contribution in [2.45, 2.75) is 12.4 Å². The Bertz CT molecular complexity index is 1240. The molecule has 0 spiro atoms. The van der Waals surface area contributed by atoms with Crippen LogP contribution in [-0.4, -0.2) is 50.2 Å². The molecule has 190 valence electrons. The molecule has 1 saturated heterocycles. The number of halogens is 6. The first kappa shape index (κ1) is 27.1. The van der Waals surface area contributed by atoms with Crippen LogP contribution in [-0.2, 0) is 26.7 Å². The Morgan fingerprint density at radius 2 is 1.69 bits per heavy atom. The van der Waals surface area contributed by atoms with E-state index in [0.717, 1.165) is 16.7 Å². The second-order valence-electron chi connectivity index (χ2n) is 7.18. The predicted octanol–water partition coefficient (Wildman–Crippen LogP) is 4.19. The highest BCUT2D eigenvalue weighted by Gasteiger charge is 2.37. The van der Waals surface area contributed by atoms with Crippen LogP contribution in [0, 0.1) is 0 Å². The number of aromatic nitrogens is 1. The van der Waals surface area contributed by atoms with Gasteiger partial charge in [0.2, 0.25) is 5.91 Å². The molecule has 2 aromatic rings. The summed E-state index contributed by atoms with van der Waals surface area (Å²) in [6.45, 7) is -1.21. The summed E-state index contributed by atoms with van der Waals surface area (Å²) in [6.07, 6.45) is -8.84. The molecule has 2 N–H and O–H groups in total. The molecule has 0 bridgehead atoms. The summed E-state index contributed by atoms with van der Waals surface area (Å²) in [5.41, 5.74) is -3.60. The second-order valence-corrected chi connectivity index (χ2v) is 8.86. The molecule has 2 amide bonds. The third-order valence-corrected chi connectivity index (χ3v) is 5.92. The topological polar surface area (TPSA) is 99.6 Å². The SMILES string of the molecule is O=C(O)CNC(=O)CN1C(=O)C(=Cc2cccc(-c3cc(C(F)(F)F)cc(C(F)(F)F)c3)n2)SC1=S. The quantitative estimate of drug-likeness (QED) is 0.317. The van der Waals surface area contributed by atoms with Crippen LogP contribution < -0.4 is 5.32 Å². The summed E-state index contributed by atoms with van der Waals surface area (Å²) in [5.74, 6) is -2.77. The summed E-state index contributed by atoms with van der Waals surface area (Å²) in [4.78, 5) is 40.0. The Labute approximate surface area is 208 Å². The summed E-state index contributed by atoms with van der Waals surface area (Å²) in [6, 6.07) is 5.00. The van der Waals surface area contributed by atoms with Crippen LogP contribution in [0.3, 0.4) is 0 Å². The Balaban J connectivity index is 1.90. The Hall–Kier alpha value is -3.46. The lowest BCUT2D eigenvalue weighted by atomic mass is 10.0. The first-order valence-corrected chi connectivity index (χ1v) is 10.9. The van der Waals surface area contributed by atoms with Gasteiger partial charge in [0.25, 0.3) is 5.91 Å². The number of nitrogens with one attached hydrogen (secondary N) is 1.